The fourth-order valence-electron chi connectivity index (χ4n) is 4.36. The summed E-state index contributed by atoms with van der Waals surface area (Å²) in [6, 6.07) is 22.4. The van der Waals surface area contributed by atoms with Gasteiger partial charge in [-0.1, -0.05) is 24.3 Å². The Balaban J connectivity index is 1.19. The normalized spacial score (nSPS) is 15.7. The lowest BCUT2D eigenvalue weighted by molar-refractivity contribution is -0.117. The van der Waals surface area contributed by atoms with E-state index in [-0.39, 0.29) is 17.9 Å². The number of benzene rings is 3. The van der Waals surface area contributed by atoms with Gasteiger partial charge in [0.15, 0.2) is 0 Å². The third kappa shape index (κ3) is 5.18. The van der Waals surface area contributed by atoms with Crippen molar-refractivity contribution in [2.24, 2.45) is 0 Å². The number of methoxy groups -OCH3 is 1. The minimum atomic E-state index is -0.247. The van der Waals surface area contributed by atoms with Crippen molar-refractivity contribution in [2.45, 2.75) is 18.9 Å². The van der Waals surface area contributed by atoms with E-state index in [1.807, 2.05) is 30.3 Å². The van der Waals surface area contributed by atoms with Crippen LogP contribution in [0.1, 0.15) is 34.2 Å². The number of carbonyl (C=O) groups excluding carboxylic acids is 2. The molecular weight excluding hydrogens is 460 g/mol. The molecule has 0 bridgehead atoms. The number of rotatable bonds is 7. The molecule has 0 radical (unpaired) electrons. The van der Waals surface area contributed by atoms with Gasteiger partial charge in [-0.15, -0.1) is 11.3 Å². The van der Waals surface area contributed by atoms with Crippen molar-refractivity contribution in [3.63, 3.8) is 0 Å². The molecule has 4 aromatic rings. The number of hydrogen-bond acceptors (Lipinski definition) is 6. The van der Waals surface area contributed by atoms with Crippen LogP contribution < -0.4 is 15.4 Å². The highest BCUT2D eigenvalue weighted by Gasteiger charge is 2.30. The molecule has 7 nitrogen and oxygen atoms in total. The molecule has 5 rings (SSSR count). The van der Waals surface area contributed by atoms with Gasteiger partial charge in [-0.25, -0.2) is 4.98 Å². The second-order valence-electron chi connectivity index (χ2n) is 8.43. The van der Waals surface area contributed by atoms with Crippen LogP contribution in [-0.2, 0) is 4.79 Å². The number of likely N-dealkylation sites (tertiary alicyclic amines) is 1. The maximum atomic E-state index is 12.8. The summed E-state index contributed by atoms with van der Waals surface area (Å²) in [5.74, 6) is 0.267. The zero-order valence-electron chi connectivity index (χ0n) is 19.4. The summed E-state index contributed by atoms with van der Waals surface area (Å²) < 4.78 is 6.46. The molecule has 1 aliphatic heterocycles. The van der Waals surface area contributed by atoms with Crippen molar-refractivity contribution in [3.8, 4) is 5.75 Å². The average Bonchev–Trinajstić information content (AvgIpc) is 3.51. The molecule has 2 heterocycles. The number of thiazole rings is 1. The van der Waals surface area contributed by atoms with E-state index in [0.29, 0.717) is 29.2 Å². The van der Waals surface area contributed by atoms with E-state index in [2.05, 4.69) is 21.6 Å². The van der Waals surface area contributed by atoms with Gasteiger partial charge in [0.1, 0.15) is 10.8 Å². The molecule has 1 fully saturated rings. The van der Waals surface area contributed by atoms with Gasteiger partial charge in [0.2, 0.25) is 5.91 Å². The van der Waals surface area contributed by atoms with E-state index in [0.717, 1.165) is 29.9 Å². The SMILES string of the molecule is COc1ccccc1NC(=O)c1ccc(NC(=O)CN2CCC[C@H]2c2nc3ccccc3s2)cc1. The molecule has 0 unspecified atom stereocenters. The molecule has 35 heavy (non-hydrogen) atoms. The fourth-order valence-corrected chi connectivity index (χ4v) is 5.50. The van der Waals surface area contributed by atoms with Crippen molar-refractivity contribution < 1.29 is 14.3 Å². The first-order valence-electron chi connectivity index (χ1n) is 11.5. The van der Waals surface area contributed by atoms with Crippen LogP contribution in [0.15, 0.2) is 72.8 Å². The maximum Gasteiger partial charge on any atom is 0.255 e. The standard InChI is InChI=1S/C27H26N4O3S/c1-34-23-10-4-2-7-20(23)29-26(33)18-12-14-19(15-13-18)28-25(32)17-31-16-6-9-22(31)27-30-21-8-3-5-11-24(21)35-27/h2-5,7-8,10-15,22H,6,9,16-17H2,1H3,(H,28,32)(H,29,33)/t22-/m0/s1. The van der Waals surface area contributed by atoms with Crippen molar-refractivity contribution in [2.75, 3.05) is 30.8 Å². The summed E-state index contributed by atoms with van der Waals surface area (Å²) in [7, 11) is 1.56. The van der Waals surface area contributed by atoms with Crippen molar-refractivity contribution in [1.82, 2.24) is 9.88 Å². The predicted molar refractivity (Wildman–Crippen MR) is 139 cm³/mol. The summed E-state index contributed by atoms with van der Waals surface area (Å²) in [4.78, 5) is 32.4. The molecule has 3 aromatic carbocycles. The summed E-state index contributed by atoms with van der Waals surface area (Å²) >= 11 is 1.71. The average molecular weight is 487 g/mol. The number of fused-ring (bicyclic) bond motifs is 1. The Morgan fingerprint density at radius 3 is 2.60 bits per heavy atom. The van der Waals surface area contributed by atoms with E-state index in [1.54, 1.807) is 54.8 Å². The highest BCUT2D eigenvalue weighted by Crippen LogP contribution is 2.36. The smallest absolute Gasteiger partial charge is 0.255 e. The number of carbonyl (C=O) groups is 2. The van der Waals surface area contributed by atoms with E-state index in [9.17, 15) is 9.59 Å². The number of hydrogen-bond donors (Lipinski definition) is 2. The second-order valence-corrected chi connectivity index (χ2v) is 9.49. The Kier molecular flexibility index (Phi) is 6.74. The van der Waals surface area contributed by atoms with Gasteiger partial charge in [-0.3, -0.25) is 14.5 Å². The highest BCUT2D eigenvalue weighted by molar-refractivity contribution is 7.18. The van der Waals surface area contributed by atoms with Crippen LogP contribution in [0.25, 0.3) is 10.2 Å². The Morgan fingerprint density at radius 2 is 1.80 bits per heavy atom. The number of nitrogens with zero attached hydrogens (tertiary/aromatic N) is 2. The molecule has 1 atom stereocenters. The first-order chi connectivity index (χ1) is 17.1. The van der Waals surface area contributed by atoms with Crippen LogP contribution in [0.3, 0.4) is 0 Å². The Bertz CT molecular complexity index is 1320. The van der Waals surface area contributed by atoms with Crippen LogP contribution in [0.4, 0.5) is 11.4 Å². The number of nitrogens with one attached hydrogen (secondary N) is 2. The monoisotopic (exact) mass is 486 g/mol. The highest BCUT2D eigenvalue weighted by atomic mass is 32.1. The third-order valence-corrected chi connectivity index (χ3v) is 7.23. The lowest BCUT2D eigenvalue weighted by Crippen LogP contribution is -2.32. The van der Waals surface area contributed by atoms with Crippen LogP contribution >= 0.6 is 11.3 Å². The van der Waals surface area contributed by atoms with E-state index >= 15 is 0 Å². The molecule has 1 aromatic heterocycles. The summed E-state index contributed by atoms with van der Waals surface area (Å²) in [6.45, 7) is 1.17. The lowest BCUT2D eigenvalue weighted by Gasteiger charge is -2.22. The Labute approximate surface area is 207 Å². The first-order valence-corrected chi connectivity index (χ1v) is 12.4. The lowest BCUT2D eigenvalue weighted by atomic mass is 10.2. The number of ether oxygens (including phenoxy) is 1. The van der Waals surface area contributed by atoms with Gasteiger partial charge in [0, 0.05) is 11.3 Å². The molecule has 2 amide bonds. The molecule has 0 spiro atoms. The van der Waals surface area contributed by atoms with Crippen molar-refractivity contribution in [1.29, 1.82) is 0 Å². The molecule has 1 aliphatic rings. The van der Waals surface area contributed by atoms with Gasteiger partial charge in [-0.2, -0.15) is 0 Å². The number of anilines is 2. The Morgan fingerprint density at radius 1 is 1.03 bits per heavy atom. The summed E-state index contributed by atoms with van der Waals surface area (Å²) in [6.07, 6.45) is 2.05. The number of aromatic nitrogens is 1. The predicted octanol–water partition coefficient (Wildman–Crippen LogP) is 5.33. The summed E-state index contributed by atoms with van der Waals surface area (Å²) in [5, 5.41) is 6.88. The van der Waals surface area contributed by atoms with Crippen LogP contribution in [-0.4, -0.2) is 41.9 Å². The maximum absolute atomic E-state index is 12.8. The largest absolute Gasteiger partial charge is 0.495 e. The molecular formula is C27H26N4O3S. The zero-order chi connectivity index (χ0) is 24.2. The van der Waals surface area contributed by atoms with Crippen molar-refractivity contribution >= 4 is 44.7 Å². The fraction of sp³-hybridized carbons (Fsp3) is 0.222. The van der Waals surface area contributed by atoms with Gasteiger partial charge >= 0.3 is 0 Å². The molecule has 2 N–H and O–H groups in total. The third-order valence-electron chi connectivity index (χ3n) is 6.09. The van der Waals surface area contributed by atoms with E-state index in [1.165, 1.54) is 4.70 Å². The quantitative estimate of drug-likeness (QED) is 0.369. The first kappa shape index (κ1) is 23.0. The van der Waals surface area contributed by atoms with Crippen molar-refractivity contribution in [3.05, 3.63) is 83.4 Å². The minimum absolute atomic E-state index is 0.0794. The van der Waals surface area contributed by atoms with E-state index < -0.39 is 0 Å². The number of amides is 2. The molecule has 178 valence electrons. The topological polar surface area (TPSA) is 83.6 Å². The second kappa shape index (κ2) is 10.2. The molecule has 1 saturated heterocycles. The van der Waals surface area contributed by atoms with Crippen LogP contribution in [0.5, 0.6) is 5.75 Å². The van der Waals surface area contributed by atoms with E-state index in [4.69, 9.17) is 9.72 Å². The van der Waals surface area contributed by atoms with Crippen LogP contribution in [0.2, 0.25) is 0 Å². The van der Waals surface area contributed by atoms with Gasteiger partial charge < -0.3 is 15.4 Å². The van der Waals surface area contributed by atoms with Crippen LogP contribution in [0, 0.1) is 0 Å². The summed E-state index contributed by atoms with van der Waals surface area (Å²) in [5.41, 5.74) is 2.76. The zero-order valence-corrected chi connectivity index (χ0v) is 20.2. The van der Waals surface area contributed by atoms with Gasteiger partial charge in [0.25, 0.3) is 5.91 Å². The molecule has 0 aliphatic carbocycles. The van der Waals surface area contributed by atoms with Gasteiger partial charge in [-0.05, 0) is 67.9 Å². The molecule has 8 heteroatoms. The molecule has 0 saturated carbocycles. The Hall–Kier alpha value is -3.75. The number of para-hydroxylation sites is 3. The minimum Gasteiger partial charge on any atom is -0.495 e. The van der Waals surface area contributed by atoms with Gasteiger partial charge in [0.05, 0.1) is 35.6 Å².